The van der Waals surface area contributed by atoms with Gasteiger partial charge in [0.25, 0.3) is 0 Å². The minimum Gasteiger partial charge on any atom is -0.410 e. The quantitative estimate of drug-likeness (QED) is 0.567. The third kappa shape index (κ3) is 1.20. The summed E-state index contributed by atoms with van der Waals surface area (Å²) in [5.41, 5.74) is 1.18. The van der Waals surface area contributed by atoms with Crippen LogP contribution in [0.15, 0.2) is 10.7 Å². The van der Waals surface area contributed by atoms with E-state index in [0.717, 1.165) is 18.7 Å². The van der Waals surface area contributed by atoms with Gasteiger partial charge in [0.05, 0.1) is 6.42 Å². The Bertz CT molecular complexity index is 215. The van der Waals surface area contributed by atoms with E-state index in [0.29, 0.717) is 0 Å². The Kier molecular flexibility index (Phi) is 2.10. The Morgan fingerprint density at radius 3 is 2.70 bits per heavy atom. The molecule has 0 aromatic carbocycles. The second-order valence-electron chi connectivity index (χ2n) is 2.58. The summed E-state index contributed by atoms with van der Waals surface area (Å²) in [6.07, 6.45) is 3.97. The highest BCUT2D eigenvalue weighted by atomic mass is 16.3. The van der Waals surface area contributed by atoms with Gasteiger partial charge in [0.15, 0.2) is 6.26 Å². The van der Waals surface area contributed by atoms with Crippen LogP contribution in [0.25, 0.3) is 0 Å². The van der Waals surface area contributed by atoms with Gasteiger partial charge in [0.1, 0.15) is 7.05 Å². The van der Waals surface area contributed by atoms with Gasteiger partial charge in [-0.2, -0.15) is 4.57 Å². The van der Waals surface area contributed by atoms with Gasteiger partial charge in [0.2, 0.25) is 5.69 Å². The van der Waals surface area contributed by atoms with Crippen LogP contribution in [0.5, 0.6) is 0 Å². The van der Waals surface area contributed by atoms with Crippen molar-refractivity contribution in [2.75, 3.05) is 0 Å². The number of rotatable bonds is 2. The monoisotopic (exact) mass is 140 g/mol. The lowest BCUT2D eigenvalue weighted by molar-refractivity contribution is -0.688. The molecule has 1 aromatic rings. The number of oxazole rings is 1. The first-order valence-corrected chi connectivity index (χ1v) is 3.68. The normalized spacial score (nSPS) is 10.3. The van der Waals surface area contributed by atoms with Crippen LogP contribution in [-0.4, -0.2) is 0 Å². The first-order chi connectivity index (χ1) is 4.75. The van der Waals surface area contributed by atoms with Crippen molar-refractivity contribution in [1.29, 1.82) is 0 Å². The van der Waals surface area contributed by atoms with Gasteiger partial charge in [-0.3, -0.25) is 0 Å². The van der Waals surface area contributed by atoms with E-state index in [4.69, 9.17) is 4.42 Å². The molecule has 10 heavy (non-hydrogen) atoms. The van der Waals surface area contributed by atoms with Gasteiger partial charge >= 0.3 is 5.89 Å². The van der Waals surface area contributed by atoms with E-state index in [9.17, 15) is 0 Å². The Morgan fingerprint density at radius 2 is 2.30 bits per heavy atom. The minimum atomic E-state index is 1.03. The van der Waals surface area contributed by atoms with Crippen LogP contribution in [0, 0.1) is 6.92 Å². The van der Waals surface area contributed by atoms with Crippen LogP contribution in [0.1, 0.15) is 24.9 Å². The van der Waals surface area contributed by atoms with Crippen molar-refractivity contribution < 1.29 is 8.98 Å². The molecule has 0 aliphatic carbocycles. The average molecular weight is 140 g/mol. The molecule has 1 aromatic heterocycles. The van der Waals surface area contributed by atoms with Gasteiger partial charge in [-0.05, 0) is 6.42 Å². The predicted molar refractivity (Wildman–Crippen MR) is 38.6 cm³/mol. The summed E-state index contributed by atoms with van der Waals surface area (Å²) < 4.78 is 7.39. The highest BCUT2D eigenvalue weighted by Gasteiger charge is 2.12. The van der Waals surface area contributed by atoms with Crippen LogP contribution < -0.4 is 4.57 Å². The molecule has 1 heterocycles. The summed E-state index contributed by atoms with van der Waals surface area (Å²) in [6, 6.07) is 0. The highest BCUT2D eigenvalue weighted by molar-refractivity contribution is 4.81. The molecule has 0 spiro atoms. The molecule has 0 unspecified atom stereocenters. The third-order valence-electron chi connectivity index (χ3n) is 1.73. The van der Waals surface area contributed by atoms with E-state index >= 15 is 0 Å². The fourth-order valence-electron chi connectivity index (χ4n) is 0.949. The van der Waals surface area contributed by atoms with Crippen LogP contribution >= 0.6 is 0 Å². The van der Waals surface area contributed by atoms with Gasteiger partial charge in [-0.25, -0.2) is 0 Å². The fourth-order valence-corrected chi connectivity index (χ4v) is 0.949. The largest absolute Gasteiger partial charge is 0.410 e. The second kappa shape index (κ2) is 2.86. The summed E-state index contributed by atoms with van der Waals surface area (Å²) in [4.78, 5) is 0. The summed E-state index contributed by atoms with van der Waals surface area (Å²) >= 11 is 0. The van der Waals surface area contributed by atoms with E-state index in [1.165, 1.54) is 5.69 Å². The third-order valence-corrected chi connectivity index (χ3v) is 1.73. The molecule has 2 nitrogen and oxygen atoms in total. The zero-order valence-electron chi connectivity index (χ0n) is 6.85. The number of nitrogens with zero attached hydrogens (tertiary/aromatic N) is 1. The fraction of sp³-hybridized carbons (Fsp3) is 0.625. The predicted octanol–water partition coefficient (Wildman–Crippen LogP) is 1.37. The van der Waals surface area contributed by atoms with Gasteiger partial charge in [-0.1, -0.05) is 6.92 Å². The van der Waals surface area contributed by atoms with E-state index in [1.54, 1.807) is 6.26 Å². The Balaban J connectivity index is 2.83. The van der Waals surface area contributed by atoms with Crippen molar-refractivity contribution in [1.82, 2.24) is 0 Å². The van der Waals surface area contributed by atoms with Crippen molar-refractivity contribution in [2.24, 2.45) is 7.05 Å². The smallest absolute Gasteiger partial charge is 0.346 e. The lowest BCUT2D eigenvalue weighted by atomic mass is 10.3. The van der Waals surface area contributed by atoms with E-state index < -0.39 is 0 Å². The Hall–Kier alpha value is -0.790. The standard InChI is InChI=1S/C8H14NO/c1-4-5-8-9(3)7(2)6-10-8/h6H,4-5H2,1-3H3/q+1. The van der Waals surface area contributed by atoms with E-state index in [2.05, 4.69) is 11.5 Å². The van der Waals surface area contributed by atoms with Crippen LogP contribution in [0.3, 0.4) is 0 Å². The molecule has 0 radical (unpaired) electrons. The molecule has 1 rings (SSSR count). The zero-order valence-corrected chi connectivity index (χ0v) is 6.85. The Morgan fingerprint density at radius 1 is 1.60 bits per heavy atom. The van der Waals surface area contributed by atoms with Gasteiger partial charge in [-0.15, -0.1) is 0 Å². The number of hydrogen-bond donors (Lipinski definition) is 0. The first-order valence-electron chi connectivity index (χ1n) is 3.68. The maximum absolute atomic E-state index is 5.30. The number of aromatic nitrogens is 1. The van der Waals surface area contributed by atoms with Crippen molar-refractivity contribution >= 4 is 0 Å². The maximum atomic E-state index is 5.30. The number of aryl methyl sites for hydroxylation is 2. The average Bonchev–Trinajstić information content (AvgIpc) is 2.20. The van der Waals surface area contributed by atoms with Crippen molar-refractivity contribution in [2.45, 2.75) is 26.7 Å². The first kappa shape index (κ1) is 7.32. The molecule has 0 saturated heterocycles. The summed E-state index contributed by atoms with van der Waals surface area (Å²) in [6.45, 7) is 4.19. The van der Waals surface area contributed by atoms with E-state index in [-0.39, 0.29) is 0 Å². The van der Waals surface area contributed by atoms with Crippen LogP contribution in [-0.2, 0) is 13.5 Å². The van der Waals surface area contributed by atoms with E-state index in [1.807, 2.05) is 14.0 Å². The maximum Gasteiger partial charge on any atom is 0.346 e. The molecule has 0 bridgehead atoms. The molecule has 0 fully saturated rings. The molecule has 0 amide bonds. The zero-order chi connectivity index (χ0) is 7.56. The molecule has 0 atom stereocenters. The van der Waals surface area contributed by atoms with Crippen molar-refractivity contribution in [3.05, 3.63) is 17.8 Å². The molecule has 0 saturated carbocycles. The molecule has 0 aliphatic heterocycles. The van der Waals surface area contributed by atoms with Crippen LogP contribution in [0.4, 0.5) is 0 Å². The lowest BCUT2D eigenvalue weighted by Gasteiger charge is -1.86. The lowest BCUT2D eigenvalue weighted by Crippen LogP contribution is -2.33. The molecule has 56 valence electrons. The second-order valence-corrected chi connectivity index (χ2v) is 2.58. The van der Waals surface area contributed by atoms with Crippen LogP contribution in [0.2, 0.25) is 0 Å². The molecular weight excluding hydrogens is 126 g/mol. The summed E-state index contributed by atoms with van der Waals surface area (Å²) in [5, 5.41) is 0. The SMILES string of the molecule is CCCc1occ(C)[n+]1C. The van der Waals surface area contributed by atoms with Gasteiger partial charge in [0, 0.05) is 6.92 Å². The highest BCUT2D eigenvalue weighted by Crippen LogP contribution is 1.99. The minimum absolute atomic E-state index is 1.03. The molecular formula is C8H14NO+. The van der Waals surface area contributed by atoms with Crippen molar-refractivity contribution in [3.8, 4) is 0 Å². The molecule has 0 N–H and O–H groups in total. The molecule has 0 aliphatic rings. The number of hydrogen-bond acceptors (Lipinski definition) is 1. The van der Waals surface area contributed by atoms with Gasteiger partial charge < -0.3 is 4.42 Å². The summed E-state index contributed by atoms with van der Waals surface area (Å²) in [7, 11) is 2.03. The molecule has 2 heteroatoms. The van der Waals surface area contributed by atoms with Crippen molar-refractivity contribution in [3.63, 3.8) is 0 Å². The topological polar surface area (TPSA) is 17.0 Å². The summed E-state index contributed by atoms with van der Waals surface area (Å²) in [5.74, 6) is 1.07. The Labute approximate surface area is 61.5 Å².